The molecule has 0 unspecified atom stereocenters. The maximum Gasteiger partial charge on any atom is 0.241 e. The fourth-order valence-corrected chi connectivity index (χ4v) is 4.41. The molecule has 1 heterocycles. The second kappa shape index (κ2) is 8.59. The van der Waals surface area contributed by atoms with Gasteiger partial charge in [-0.1, -0.05) is 24.0 Å². The van der Waals surface area contributed by atoms with Crippen molar-refractivity contribution >= 4 is 21.6 Å². The molecule has 0 aromatic heterocycles. The molecule has 1 saturated heterocycles. The first-order chi connectivity index (χ1) is 13.4. The van der Waals surface area contributed by atoms with Crippen LogP contribution in [0.2, 0.25) is 0 Å². The molecule has 0 atom stereocenters. The van der Waals surface area contributed by atoms with Crippen molar-refractivity contribution in [1.29, 1.82) is 0 Å². The predicted molar refractivity (Wildman–Crippen MR) is 111 cm³/mol. The zero-order valence-corrected chi connectivity index (χ0v) is 17.0. The summed E-state index contributed by atoms with van der Waals surface area (Å²) >= 11 is 0. The summed E-state index contributed by atoms with van der Waals surface area (Å²) in [5, 5.41) is 0. The van der Waals surface area contributed by atoms with Crippen LogP contribution in [0.4, 0.5) is 5.69 Å². The van der Waals surface area contributed by atoms with E-state index in [0.717, 1.165) is 36.2 Å². The monoisotopic (exact) mass is 396 g/mol. The van der Waals surface area contributed by atoms with Crippen LogP contribution in [0.1, 0.15) is 36.0 Å². The SMILES string of the molecule is Cc1ccc(C)c(S(=O)(=O)NCC#Cc2ccc(N3CCCCC3=O)cc2)c1. The molecule has 1 N–H and O–H groups in total. The number of amides is 1. The number of nitrogens with zero attached hydrogens (tertiary/aromatic N) is 1. The van der Waals surface area contributed by atoms with Crippen LogP contribution < -0.4 is 9.62 Å². The first-order valence-electron chi connectivity index (χ1n) is 9.33. The van der Waals surface area contributed by atoms with E-state index in [-0.39, 0.29) is 17.3 Å². The molecule has 3 rings (SSSR count). The smallest absolute Gasteiger partial charge is 0.241 e. The Hall–Kier alpha value is -2.62. The highest BCUT2D eigenvalue weighted by Gasteiger charge is 2.19. The van der Waals surface area contributed by atoms with Crippen LogP contribution in [-0.4, -0.2) is 27.4 Å². The molecule has 146 valence electrons. The molecular weight excluding hydrogens is 372 g/mol. The standard InChI is InChI=1S/C22H24N2O3S/c1-17-8-9-18(2)21(16-17)28(26,27)23-14-5-6-19-10-12-20(13-11-19)24-15-4-3-7-22(24)25/h8-13,16,23H,3-4,7,14-15H2,1-2H3. The number of carbonyl (C=O) groups excluding carboxylic acids is 1. The number of nitrogens with one attached hydrogen (secondary N) is 1. The van der Waals surface area contributed by atoms with Gasteiger partial charge in [-0.2, -0.15) is 4.72 Å². The van der Waals surface area contributed by atoms with Crippen molar-refractivity contribution in [3.8, 4) is 11.8 Å². The van der Waals surface area contributed by atoms with Crippen molar-refractivity contribution in [2.45, 2.75) is 38.0 Å². The van der Waals surface area contributed by atoms with Gasteiger partial charge in [0.05, 0.1) is 11.4 Å². The highest BCUT2D eigenvalue weighted by Crippen LogP contribution is 2.21. The van der Waals surface area contributed by atoms with Gasteiger partial charge in [-0.3, -0.25) is 4.79 Å². The van der Waals surface area contributed by atoms with Crippen molar-refractivity contribution in [3.05, 3.63) is 59.2 Å². The normalized spacial score (nSPS) is 14.5. The number of hydrogen-bond acceptors (Lipinski definition) is 3. The molecule has 2 aromatic rings. The van der Waals surface area contributed by atoms with Crippen LogP contribution >= 0.6 is 0 Å². The summed E-state index contributed by atoms with van der Waals surface area (Å²) in [6.07, 6.45) is 2.58. The lowest BCUT2D eigenvalue weighted by molar-refractivity contribution is -0.119. The second-order valence-electron chi connectivity index (χ2n) is 6.94. The van der Waals surface area contributed by atoms with Gasteiger partial charge in [0.2, 0.25) is 15.9 Å². The van der Waals surface area contributed by atoms with Gasteiger partial charge in [0.25, 0.3) is 0 Å². The summed E-state index contributed by atoms with van der Waals surface area (Å²) in [6.45, 7) is 4.42. The van der Waals surface area contributed by atoms with E-state index in [1.165, 1.54) is 0 Å². The predicted octanol–water partition coefficient (Wildman–Crippen LogP) is 3.15. The first-order valence-corrected chi connectivity index (χ1v) is 10.8. The van der Waals surface area contributed by atoms with E-state index in [1.54, 1.807) is 24.0 Å². The lowest BCUT2D eigenvalue weighted by Gasteiger charge is -2.26. The van der Waals surface area contributed by atoms with Gasteiger partial charge in [-0.05, 0) is 68.1 Å². The van der Waals surface area contributed by atoms with E-state index in [2.05, 4.69) is 16.6 Å². The Kier molecular flexibility index (Phi) is 6.18. The zero-order valence-electron chi connectivity index (χ0n) is 16.2. The number of sulfonamides is 1. The van der Waals surface area contributed by atoms with Crippen molar-refractivity contribution in [1.82, 2.24) is 4.72 Å². The number of hydrogen-bond donors (Lipinski definition) is 1. The van der Waals surface area contributed by atoms with Crippen molar-refractivity contribution < 1.29 is 13.2 Å². The molecule has 0 radical (unpaired) electrons. The largest absolute Gasteiger partial charge is 0.312 e. The molecule has 1 amide bonds. The third kappa shape index (κ3) is 4.80. The molecule has 5 nitrogen and oxygen atoms in total. The summed E-state index contributed by atoms with van der Waals surface area (Å²) in [4.78, 5) is 14.1. The second-order valence-corrected chi connectivity index (χ2v) is 8.68. The summed E-state index contributed by atoms with van der Waals surface area (Å²) in [6, 6.07) is 12.8. The average Bonchev–Trinajstić information content (AvgIpc) is 2.68. The highest BCUT2D eigenvalue weighted by molar-refractivity contribution is 7.89. The van der Waals surface area contributed by atoms with Gasteiger partial charge in [0, 0.05) is 24.2 Å². The third-order valence-electron chi connectivity index (χ3n) is 4.72. The van der Waals surface area contributed by atoms with Gasteiger partial charge in [0.15, 0.2) is 0 Å². The summed E-state index contributed by atoms with van der Waals surface area (Å²) in [5.41, 5.74) is 3.25. The Morgan fingerprint density at radius 3 is 2.54 bits per heavy atom. The fourth-order valence-electron chi connectivity index (χ4n) is 3.16. The fraction of sp³-hybridized carbons (Fsp3) is 0.318. The van der Waals surface area contributed by atoms with Gasteiger partial charge in [-0.15, -0.1) is 0 Å². The number of benzene rings is 2. The van der Waals surface area contributed by atoms with Crippen LogP contribution in [-0.2, 0) is 14.8 Å². The van der Waals surface area contributed by atoms with E-state index >= 15 is 0 Å². The topological polar surface area (TPSA) is 66.5 Å². The number of aryl methyl sites for hydroxylation is 2. The summed E-state index contributed by atoms with van der Waals surface area (Å²) in [5.74, 6) is 5.96. The lowest BCUT2D eigenvalue weighted by atomic mass is 10.1. The average molecular weight is 397 g/mol. The Bertz CT molecular complexity index is 1030. The number of anilines is 1. The van der Waals surface area contributed by atoms with E-state index in [0.29, 0.717) is 12.0 Å². The van der Waals surface area contributed by atoms with Crippen molar-refractivity contribution in [3.63, 3.8) is 0 Å². The number of rotatable bonds is 4. The molecule has 2 aromatic carbocycles. The minimum Gasteiger partial charge on any atom is -0.312 e. The molecule has 0 spiro atoms. The van der Waals surface area contributed by atoms with Crippen LogP contribution in [0.15, 0.2) is 47.4 Å². The minimum absolute atomic E-state index is 0.0298. The van der Waals surface area contributed by atoms with Gasteiger partial charge < -0.3 is 4.90 Å². The highest BCUT2D eigenvalue weighted by atomic mass is 32.2. The third-order valence-corrected chi connectivity index (χ3v) is 6.26. The van der Waals surface area contributed by atoms with Crippen LogP contribution in [0.5, 0.6) is 0 Å². The first kappa shape index (κ1) is 20.1. The van der Waals surface area contributed by atoms with Gasteiger partial charge >= 0.3 is 0 Å². The molecule has 6 heteroatoms. The molecule has 28 heavy (non-hydrogen) atoms. The van der Waals surface area contributed by atoms with Crippen molar-refractivity contribution in [2.75, 3.05) is 18.0 Å². The minimum atomic E-state index is -3.59. The molecule has 1 fully saturated rings. The van der Waals surface area contributed by atoms with Crippen LogP contribution in [0.3, 0.4) is 0 Å². The summed E-state index contributed by atoms with van der Waals surface area (Å²) in [7, 11) is -3.59. The van der Waals surface area contributed by atoms with Gasteiger partial charge in [-0.25, -0.2) is 8.42 Å². The van der Waals surface area contributed by atoms with Crippen LogP contribution in [0.25, 0.3) is 0 Å². The van der Waals surface area contributed by atoms with Crippen molar-refractivity contribution in [2.24, 2.45) is 0 Å². The molecule has 0 bridgehead atoms. The van der Waals surface area contributed by atoms with E-state index in [9.17, 15) is 13.2 Å². The number of piperidine rings is 1. The Morgan fingerprint density at radius 2 is 1.82 bits per heavy atom. The van der Waals surface area contributed by atoms with Crippen LogP contribution in [0, 0.1) is 25.7 Å². The summed E-state index contributed by atoms with van der Waals surface area (Å²) < 4.78 is 27.4. The Labute approximate surface area is 166 Å². The van der Waals surface area contributed by atoms with E-state index < -0.39 is 10.0 Å². The molecule has 0 aliphatic carbocycles. The quantitative estimate of drug-likeness (QED) is 0.808. The zero-order chi connectivity index (χ0) is 20.1. The molecule has 1 aliphatic rings. The van der Waals surface area contributed by atoms with E-state index in [4.69, 9.17) is 0 Å². The maximum absolute atomic E-state index is 12.5. The Balaban J connectivity index is 1.63. The lowest BCUT2D eigenvalue weighted by Crippen LogP contribution is -2.35. The van der Waals surface area contributed by atoms with E-state index in [1.807, 2.05) is 37.3 Å². The number of carbonyl (C=O) groups is 1. The maximum atomic E-state index is 12.5. The van der Waals surface area contributed by atoms with Gasteiger partial charge in [0.1, 0.15) is 0 Å². The molecular formula is C22H24N2O3S. The molecule has 0 saturated carbocycles. The Morgan fingerprint density at radius 1 is 1.07 bits per heavy atom. The molecule has 1 aliphatic heterocycles.